The van der Waals surface area contributed by atoms with Gasteiger partial charge in [0.25, 0.3) is 10.0 Å². The monoisotopic (exact) mass is 505 g/mol. The van der Waals surface area contributed by atoms with Crippen molar-refractivity contribution in [3.63, 3.8) is 0 Å². The van der Waals surface area contributed by atoms with E-state index in [1.807, 2.05) is 32.8 Å². The zero-order chi connectivity index (χ0) is 25.8. The fraction of sp³-hybridized carbons (Fsp3) is 0.480. The number of hydrogen-bond donors (Lipinski definition) is 2. The van der Waals surface area contributed by atoms with Gasteiger partial charge in [0.05, 0.1) is 31.1 Å². The Balaban J connectivity index is 1.95. The molecule has 2 N–H and O–H groups in total. The minimum absolute atomic E-state index is 0.00884. The van der Waals surface area contributed by atoms with Crippen molar-refractivity contribution in [2.24, 2.45) is 5.92 Å². The van der Waals surface area contributed by atoms with Crippen molar-refractivity contribution in [2.45, 2.75) is 37.3 Å². The molecule has 0 saturated heterocycles. The van der Waals surface area contributed by atoms with Crippen LogP contribution in [0.15, 0.2) is 47.4 Å². The number of carbonyl (C=O) groups is 1. The molecule has 1 heterocycles. The Bertz CT molecular complexity index is 1120. The van der Waals surface area contributed by atoms with Crippen LogP contribution in [0.2, 0.25) is 0 Å². The summed E-state index contributed by atoms with van der Waals surface area (Å²) >= 11 is 0. The summed E-state index contributed by atoms with van der Waals surface area (Å²) in [5.74, 6) is 0.960. The number of amides is 1. The van der Waals surface area contributed by atoms with Gasteiger partial charge in [-0.3, -0.25) is 9.52 Å². The Morgan fingerprint density at radius 1 is 1.23 bits per heavy atom. The first-order chi connectivity index (χ1) is 16.5. The summed E-state index contributed by atoms with van der Waals surface area (Å²) < 4.78 is 39.9. The van der Waals surface area contributed by atoms with Gasteiger partial charge in [0.1, 0.15) is 17.6 Å². The van der Waals surface area contributed by atoms with Crippen molar-refractivity contribution < 1.29 is 27.8 Å². The molecule has 35 heavy (non-hydrogen) atoms. The molecule has 0 spiro atoms. The van der Waals surface area contributed by atoms with Gasteiger partial charge >= 0.3 is 0 Å². The molecule has 2 aromatic carbocycles. The summed E-state index contributed by atoms with van der Waals surface area (Å²) in [6.07, 6.45) is -0.177. The van der Waals surface area contributed by atoms with Gasteiger partial charge in [-0.2, -0.15) is 0 Å². The number of aliphatic hydroxyl groups is 1. The van der Waals surface area contributed by atoms with E-state index < -0.39 is 10.0 Å². The van der Waals surface area contributed by atoms with Crippen LogP contribution in [0.25, 0.3) is 0 Å². The molecule has 0 saturated carbocycles. The number of methoxy groups -OCH3 is 1. The molecular weight excluding hydrogens is 470 g/mol. The summed E-state index contributed by atoms with van der Waals surface area (Å²) in [5, 5.41) is 9.73. The van der Waals surface area contributed by atoms with E-state index in [4.69, 9.17) is 9.47 Å². The first-order valence-electron chi connectivity index (χ1n) is 11.6. The normalized spacial score (nSPS) is 19.7. The fourth-order valence-electron chi connectivity index (χ4n) is 4.04. The molecule has 0 aromatic heterocycles. The number of aliphatic hydroxyl groups excluding tert-OH is 1. The van der Waals surface area contributed by atoms with Crippen molar-refractivity contribution in [3.8, 4) is 11.5 Å². The predicted molar refractivity (Wildman–Crippen MR) is 134 cm³/mol. The number of rotatable bonds is 8. The highest BCUT2D eigenvalue weighted by atomic mass is 32.2. The van der Waals surface area contributed by atoms with Crippen LogP contribution in [-0.4, -0.2) is 82.3 Å². The lowest BCUT2D eigenvalue weighted by molar-refractivity contribution is -0.134. The zero-order valence-corrected chi connectivity index (χ0v) is 21.7. The molecule has 0 unspecified atom stereocenters. The molecule has 3 rings (SSSR count). The first kappa shape index (κ1) is 26.8. The molecule has 2 aromatic rings. The molecule has 1 aliphatic heterocycles. The average molecular weight is 506 g/mol. The maximum atomic E-state index is 13.2. The molecule has 0 bridgehead atoms. The third kappa shape index (κ3) is 6.65. The molecule has 192 valence electrons. The number of benzene rings is 2. The Hall–Kier alpha value is -2.82. The zero-order valence-electron chi connectivity index (χ0n) is 20.9. The van der Waals surface area contributed by atoms with Crippen LogP contribution >= 0.6 is 0 Å². The summed E-state index contributed by atoms with van der Waals surface area (Å²) in [7, 11) is 1.58. The maximum Gasteiger partial charge on any atom is 0.261 e. The van der Waals surface area contributed by atoms with Gasteiger partial charge in [-0.1, -0.05) is 6.92 Å². The topological polar surface area (TPSA) is 108 Å². The highest BCUT2D eigenvalue weighted by Crippen LogP contribution is 2.30. The second kappa shape index (κ2) is 11.3. The first-order valence-corrected chi connectivity index (χ1v) is 13.0. The van der Waals surface area contributed by atoms with E-state index in [1.165, 1.54) is 19.2 Å². The smallest absolute Gasteiger partial charge is 0.261 e. The van der Waals surface area contributed by atoms with Crippen molar-refractivity contribution in [3.05, 3.63) is 48.0 Å². The minimum atomic E-state index is -3.85. The van der Waals surface area contributed by atoms with E-state index >= 15 is 0 Å². The van der Waals surface area contributed by atoms with Crippen LogP contribution in [0, 0.1) is 5.92 Å². The molecule has 0 radical (unpaired) electrons. The average Bonchev–Trinajstić information content (AvgIpc) is 2.86. The van der Waals surface area contributed by atoms with Gasteiger partial charge in [0.2, 0.25) is 5.91 Å². The highest BCUT2D eigenvalue weighted by molar-refractivity contribution is 7.92. The Morgan fingerprint density at radius 2 is 1.91 bits per heavy atom. The van der Waals surface area contributed by atoms with E-state index in [0.29, 0.717) is 35.8 Å². The van der Waals surface area contributed by atoms with Gasteiger partial charge in [-0.25, -0.2) is 8.42 Å². The quantitative estimate of drug-likeness (QED) is 0.566. The van der Waals surface area contributed by atoms with Gasteiger partial charge < -0.3 is 24.4 Å². The van der Waals surface area contributed by atoms with Gasteiger partial charge in [0, 0.05) is 30.3 Å². The van der Waals surface area contributed by atoms with Crippen molar-refractivity contribution in [1.82, 2.24) is 9.80 Å². The second-order valence-corrected chi connectivity index (χ2v) is 10.9. The van der Waals surface area contributed by atoms with Crippen LogP contribution in [0.4, 0.5) is 5.69 Å². The number of anilines is 1. The standard InChI is InChI=1S/C25H35N3O6S/c1-17-14-28(18(2)16-29)25(30)13-19-12-20(6-11-23(19)34-24(17)15-27(3)4)26-35(31,32)22-9-7-21(33-5)8-10-22/h6-12,17-18,24,26,29H,13-16H2,1-5H3/t17-,18+,24+/m1/s1. The molecule has 3 atom stereocenters. The number of carbonyl (C=O) groups excluding carboxylic acids is 1. The second-order valence-electron chi connectivity index (χ2n) is 9.25. The van der Waals surface area contributed by atoms with Gasteiger partial charge in [-0.05, 0) is 63.5 Å². The van der Waals surface area contributed by atoms with Crippen LogP contribution < -0.4 is 14.2 Å². The number of nitrogens with one attached hydrogen (secondary N) is 1. The van der Waals surface area contributed by atoms with E-state index in [-0.39, 0.29) is 41.9 Å². The van der Waals surface area contributed by atoms with Crippen LogP contribution in [-0.2, 0) is 21.2 Å². The largest absolute Gasteiger partial charge is 0.497 e. The number of fused-ring (bicyclic) bond motifs is 1. The highest BCUT2D eigenvalue weighted by Gasteiger charge is 2.31. The fourth-order valence-corrected chi connectivity index (χ4v) is 5.09. The molecule has 9 nitrogen and oxygen atoms in total. The molecule has 0 aliphatic carbocycles. The lowest BCUT2D eigenvalue weighted by Gasteiger charge is -2.33. The summed E-state index contributed by atoms with van der Waals surface area (Å²) in [6.45, 7) is 4.78. The van der Waals surface area contributed by atoms with E-state index in [1.54, 1.807) is 35.2 Å². The van der Waals surface area contributed by atoms with Crippen LogP contribution in [0.3, 0.4) is 0 Å². The Morgan fingerprint density at radius 3 is 2.51 bits per heavy atom. The van der Waals surface area contributed by atoms with Gasteiger partial charge in [0.15, 0.2) is 0 Å². The van der Waals surface area contributed by atoms with Crippen molar-refractivity contribution >= 4 is 21.6 Å². The van der Waals surface area contributed by atoms with Crippen molar-refractivity contribution in [1.29, 1.82) is 0 Å². The third-order valence-electron chi connectivity index (χ3n) is 6.08. The summed E-state index contributed by atoms with van der Waals surface area (Å²) in [6, 6.07) is 10.7. The predicted octanol–water partition coefficient (Wildman–Crippen LogP) is 2.21. The summed E-state index contributed by atoms with van der Waals surface area (Å²) in [4.78, 5) is 17.0. The third-order valence-corrected chi connectivity index (χ3v) is 7.48. The minimum Gasteiger partial charge on any atom is -0.497 e. The number of nitrogens with zero attached hydrogens (tertiary/aromatic N) is 2. The maximum absolute atomic E-state index is 13.2. The number of ether oxygens (including phenoxy) is 2. The molecular formula is C25H35N3O6S. The summed E-state index contributed by atoms with van der Waals surface area (Å²) in [5.41, 5.74) is 0.909. The van der Waals surface area contributed by atoms with E-state index in [2.05, 4.69) is 4.72 Å². The SMILES string of the molecule is COc1ccc(S(=O)(=O)Nc2ccc3c(c2)CC(=O)N([C@@H](C)CO)C[C@@H](C)[C@H](CN(C)C)O3)cc1. The van der Waals surface area contributed by atoms with Crippen LogP contribution in [0.1, 0.15) is 19.4 Å². The number of likely N-dealkylation sites (N-methyl/N-ethyl adjacent to an activating group) is 1. The molecule has 1 amide bonds. The van der Waals surface area contributed by atoms with Gasteiger partial charge in [-0.15, -0.1) is 0 Å². The lowest BCUT2D eigenvalue weighted by atomic mass is 10.0. The molecule has 1 aliphatic rings. The number of sulfonamides is 1. The number of hydrogen-bond acceptors (Lipinski definition) is 7. The van der Waals surface area contributed by atoms with Crippen LogP contribution in [0.5, 0.6) is 11.5 Å². The Kier molecular flexibility index (Phi) is 8.63. The lowest BCUT2D eigenvalue weighted by Crippen LogP contribution is -2.47. The van der Waals surface area contributed by atoms with E-state index in [0.717, 1.165) is 0 Å². The Labute approximate surface area is 207 Å². The molecule has 10 heteroatoms. The van der Waals surface area contributed by atoms with Crippen molar-refractivity contribution in [2.75, 3.05) is 45.6 Å². The van der Waals surface area contributed by atoms with E-state index in [9.17, 15) is 18.3 Å². The molecule has 0 fully saturated rings.